The highest BCUT2D eigenvalue weighted by molar-refractivity contribution is 5.77. The maximum atomic E-state index is 12.4. The van der Waals surface area contributed by atoms with E-state index in [9.17, 15) is 9.59 Å². The first-order valence-electron chi connectivity index (χ1n) is 11.6. The molecule has 2 N–H and O–H groups in total. The molecule has 4 rings (SSSR count). The van der Waals surface area contributed by atoms with Crippen LogP contribution in [0.15, 0.2) is 53.3 Å². The van der Waals surface area contributed by atoms with Gasteiger partial charge in [0.15, 0.2) is 0 Å². The van der Waals surface area contributed by atoms with Crippen LogP contribution in [0.1, 0.15) is 49.6 Å². The lowest BCUT2D eigenvalue weighted by Gasteiger charge is -2.31. The van der Waals surface area contributed by atoms with Gasteiger partial charge < -0.3 is 10.3 Å². The number of nitrogens with one attached hydrogen (secondary N) is 2. The van der Waals surface area contributed by atoms with Gasteiger partial charge in [-0.3, -0.25) is 14.5 Å². The Balaban J connectivity index is 1.27. The summed E-state index contributed by atoms with van der Waals surface area (Å²) in [6.45, 7) is 6.10. The van der Waals surface area contributed by atoms with Gasteiger partial charge in [-0.05, 0) is 55.0 Å². The standard InChI is InChI=1S/C26H32N4O2/c1-19-8-7-15-30(17-19)18-21-10-3-2-9-20(21)16-27-25(31)14-6-13-24-28-23-12-5-4-11-22(23)26(32)29-24/h2-5,9-12,19H,6-8,13-18H2,1H3,(H,27,31)(H,28,29,32). The van der Waals surface area contributed by atoms with Gasteiger partial charge in [-0.1, -0.05) is 43.3 Å². The second-order valence-electron chi connectivity index (χ2n) is 8.91. The first-order valence-corrected chi connectivity index (χ1v) is 11.6. The summed E-state index contributed by atoms with van der Waals surface area (Å²) < 4.78 is 0. The predicted octanol–water partition coefficient (Wildman–Crippen LogP) is 3.79. The average molecular weight is 433 g/mol. The molecule has 1 aliphatic rings. The van der Waals surface area contributed by atoms with Gasteiger partial charge in [0.1, 0.15) is 5.82 Å². The number of nitrogens with zero attached hydrogens (tertiary/aromatic N) is 2. The summed E-state index contributed by atoms with van der Waals surface area (Å²) in [6.07, 6.45) is 4.19. The molecule has 0 bridgehead atoms. The lowest BCUT2D eigenvalue weighted by atomic mass is 9.99. The van der Waals surface area contributed by atoms with Gasteiger partial charge in [0.25, 0.3) is 5.56 Å². The van der Waals surface area contributed by atoms with Crippen molar-refractivity contribution in [3.63, 3.8) is 0 Å². The number of aromatic nitrogens is 2. The first-order chi connectivity index (χ1) is 15.6. The summed E-state index contributed by atoms with van der Waals surface area (Å²) in [5, 5.41) is 3.65. The molecule has 6 nitrogen and oxygen atoms in total. The number of fused-ring (bicyclic) bond motifs is 1. The molecule has 1 aliphatic heterocycles. The summed E-state index contributed by atoms with van der Waals surface area (Å²) in [5.74, 6) is 1.40. The highest BCUT2D eigenvalue weighted by Gasteiger charge is 2.17. The summed E-state index contributed by atoms with van der Waals surface area (Å²) in [4.78, 5) is 34.4. The molecule has 1 saturated heterocycles. The zero-order valence-electron chi connectivity index (χ0n) is 18.8. The molecule has 1 amide bonds. The zero-order chi connectivity index (χ0) is 22.3. The van der Waals surface area contributed by atoms with Crippen molar-refractivity contribution < 1.29 is 4.79 Å². The Hall–Kier alpha value is -2.99. The number of piperidine rings is 1. The highest BCUT2D eigenvalue weighted by atomic mass is 16.1. The van der Waals surface area contributed by atoms with E-state index in [4.69, 9.17) is 0 Å². The molecule has 0 radical (unpaired) electrons. The maximum Gasteiger partial charge on any atom is 0.258 e. The number of hydrogen-bond donors (Lipinski definition) is 2. The van der Waals surface area contributed by atoms with E-state index in [1.807, 2.05) is 24.3 Å². The monoisotopic (exact) mass is 432 g/mol. The van der Waals surface area contributed by atoms with E-state index in [-0.39, 0.29) is 11.5 Å². The van der Waals surface area contributed by atoms with Crippen molar-refractivity contribution in [1.29, 1.82) is 0 Å². The van der Waals surface area contributed by atoms with Crippen LogP contribution in [0.2, 0.25) is 0 Å². The van der Waals surface area contributed by atoms with Crippen molar-refractivity contribution in [3.8, 4) is 0 Å². The number of carbonyl (C=O) groups excluding carboxylic acids is 1. The van der Waals surface area contributed by atoms with Crippen LogP contribution < -0.4 is 10.9 Å². The molecule has 1 atom stereocenters. The van der Waals surface area contributed by atoms with Gasteiger partial charge in [-0.15, -0.1) is 0 Å². The quantitative estimate of drug-likeness (QED) is 0.568. The average Bonchev–Trinajstić information content (AvgIpc) is 2.79. The Kier molecular flexibility index (Phi) is 7.32. The van der Waals surface area contributed by atoms with Gasteiger partial charge in [-0.2, -0.15) is 0 Å². The largest absolute Gasteiger partial charge is 0.352 e. The molecule has 1 unspecified atom stereocenters. The normalized spacial score (nSPS) is 16.8. The van der Waals surface area contributed by atoms with Crippen molar-refractivity contribution in [2.24, 2.45) is 5.92 Å². The lowest BCUT2D eigenvalue weighted by molar-refractivity contribution is -0.121. The van der Waals surface area contributed by atoms with Crippen molar-refractivity contribution in [2.45, 2.75) is 52.1 Å². The Labute approximate surface area is 189 Å². The number of aromatic amines is 1. The molecule has 6 heteroatoms. The summed E-state index contributed by atoms with van der Waals surface area (Å²) >= 11 is 0. The number of para-hydroxylation sites is 1. The van der Waals surface area contributed by atoms with Gasteiger partial charge in [-0.25, -0.2) is 4.98 Å². The second-order valence-corrected chi connectivity index (χ2v) is 8.91. The fourth-order valence-corrected chi connectivity index (χ4v) is 4.51. The lowest BCUT2D eigenvalue weighted by Crippen LogP contribution is -2.34. The van der Waals surface area contributed by atoms with E-state index in [1.165, 1.54) is 24.0 Å². The number of rotatable bonds is 8. The second kappa shape index (κ2) is 10.6. The minimum atomic E-state index is -0.130. The van der Waals surface area contributed by atoms with Crippen LogP contribution in [0.4, 0.5) is 0 Å². The molecule has 1 aromatic heterocycles. The van der Waals surface area contributed by atoms with Crippen LogP contribution in [0, 0.1) is 5.92 Å². The molecule has 0 spiro atoms. The zero-order valence-corrected chi connectivity index (χ0v) is 18.8. The smallest absolute Gasteiger partial charge is 0.258 e. The van der Waals surface area contributed by atoms with Crippen molar-refractivity contribution in [3.05, 3.63) is 75.8 Å². The van der Waals surface area contributed by atoms with Gasteiger partial charge in [0.2, 0.25) is 5.91 Å². The summed E-state index contributed by atoms with van der Waals surface area (Å²) in [7, 11) is 0. The van der Waals surface area contributed by atoms with Crippen LogP contribution in [0.3, 0.4) is 0 Å². The number of likely N-dealkylation sites (tertiary alicyclic amines) is 1. The summed E-state index contributed by atoms with van der Waals surface area (Å²) in [6, 6.07) is 15.7. The first kappa shape index (κ1) is 22.2. The molecule has 1 fully saturated rings. The minimum Gasteiger partial charge on any atom is -0.352 e. The van der Waals surface area contributed by atoms with Crippen LogP contribution >= 0.6 is 0 Å². The molecule has 3 aromatic rings. The molecule has 32 heavy (non-hydrogen) atoms. The van der Waals surface area contributed by atoms with Crippen molar-refractivity contribution in [2.75, 3.05) is 13.1 Å². The van der Waals surface area contributed by atoms with Crippen molar-refractivity contribution >= 4 is 16.8 Å². The van der Waals surface area contributed by atoms with E-state index < -0.39 is 0 Å². The van der Waals surface area contributed by atoms with Gasteiger partial charge in [0, 0.05) is 32.5 Å². The summed E-state index contributed by atoms with van der Waals surface area (Å²) in [5.41, 5.74) is 3.03. The molecular weight excluding hydrogens is 400 g/mol. The Morgan fingerprint density at radius 3 is 2.78 bits per heavy atom. The Bertz CT molecular complexity index is 1120. The van der Waals surface area contributed by atoms with Crippen molar-refractivity contribution in [1.82, 2.24) is 20.2 Å². The number of aryl methyl sites for hydroxylation is 1. The van der Waals surface area contributed by atoms with Crippen LogP contribution in [-0.4, -0.2) is 33.9 Å². The minimum absolute atomic E-state index is 0.0227. The van der Waals surface area contributed by atoms with E-state index in [0.29, 0.717) is 42.5 Å². The van der Waals surface area contributed by atoms with E-state index >= 15 is 0 Å². The van der Waals surface area contributed by atoms with E-state index in [1.54, 1.807) is 6.07 Å². The number of H-pyrrole nitrogens is 1. The highest BCUT2D eigenvalue weighted by Crippen LogP contribution is 2.19. The molecule has 0 aliphatic carbocycles. The molecule has 168 valence electrons. The number of benzene rings is 2. The number of carbonyl (C=O) groups is 1. The molecule has 2 aromatic carbocycles. The van der Waals surface area contributed by atoms with Crippen LogP contribution in [0.25, 0.3) is 10.9 Å². The van der Waals surface area contributed by atoms with Gasteiger partial charge in [0.05, 0.1) is 10.9 Å². The topological polar surface area (TPSA) is 78.1 Å². The third-order valence-electron chi connectivity index (χ3n) is 6.21. The van der Waals surface area contributed by atoms with Crippen LogP contribution in [0.5, 0.6) is 0 Å². The Morgan fingerprint density at radius 1 is 1.16 bits per heavy atom. The third-order valence-corrected chi connectivity index (χ3v) is 6.21. The maximum absolute atomic E-state index is 12.4. The number of hydrogen-bond acceptors (Lipinski definition) is 4. The third kappa shape index (κ3) is 5.82. The SMILES string of the molecule is CC1CCCN(Cc2ccccc2CNC(=O)CCCc2nc3ccccc3c(=O)[nH]2)C1. The molecule has 0 saturated carbocycles. The van der Waals surface area contributed by atoms with E-state index in [2.05, 4.69) is 45.3 Å². The van der Waals surface area contributed by atoms with E-state index in [0.717, 1.165) is 25.6 Å². The Morgan fingerprint density at radius 2 is 1.94 bits per heavy atom. The van der Waals surface area contributed by atoms with Gasteiger partial charge >= 0.3 is 0 Å². The van der Waals surface area contributed by atoms with Crippen LogP contribution in [-0.2, 0) is 24.3 Å². The molecule has 2 heterocycles. The fourth-order valence-electron chi connectivity index (χ4n) is 4.51. The fraction of sp³-hybridized carbons (Fsp3) is 0.423. The molecular formula is C26H32N4O2. The number of amides is 1. The predicted molar refractivity (Wildman–Crippen MR) is 127 cm³/mol.